The summed E-state index contributed by atoms with van der Waals surface area (Å²) < 4.78 is 36.4. The Kier molecular flexibility index (Phi) is 12.4. The summed E-state index contributed by atoms with van der Waals surface area (Å²) in [5.74, 6) is 0.754. The molecule has 1 aromatic carbocycles. The predicted octanol–water partition coefficient (Wildman–Crippen LogP) is 5.98. The molecular weight excluding hydrogens is 360 g/mol. The Morgan fingerprint density at radius 1 is 0.852 bits per heavy atom. The van der Waals surface area contributed by atoms with Crippen LogP contribution < -0.4 is 4.74 Å². The van der Waals surface area contributed by atoms with Gasteiger partial charge in [0.2, 0.25) is 0 Å². The van der Waals surface area contributed by atoms with Crippen LogP contribution in [0.4, 0.5) is 0 Å². The molecule has 0 atom stereocenters. The number of unbranched alkanes of at least 4 members (excludes halogenated alkanes) is 7. The molecular formula is C22H38O4S. The summed E-state index contributed by atoms with van der Waals surface area (Å²) in [6.07, 6.45) is 13.0. The highest BCUT2D eigenvalue weighted by molar-refractivity contribution is 7.85. The van der Waals surface area contributed by atoms with Crippen molar-refractivity contribution in [2.45, 2.75) is 90.9 Å². The van der Waals surface area contributed by atoms with Crippen LogP contribution in [0.3, 0.4) is 0 Å². The average Bonchev–Trinajstić information content (AvgIpc) is 2.62. The van der Waals surface area contributed by atoms with Crippen molar-refractivity contribution in [2.75, 3.05) is 12.4 Å². The summed E-state index contributed by atoms with van der Waals surface area (Å²) in [5, 5.41) is 0. The lowest BCUT2D eigenvalue weighted by Gasteiger charge is -2.14. The second-order valence-corrected chi connectivity index (χ2v) is 8.98. The largest absolute Gasteiger partial charge is 0.493 e. The molecule has 0 heterocycles. The number of aryl methyl sites for hydroxylation is 2. The fourth-order valence-corrected chi connectivity index (χ4v) is 3.73. The Morgan fingerprint density at radius 3 is 2.15 bits per heavy atom. The maximum Gasteiger partial charge on any atom is 0.264 e. The van der Waals surface area contributed by atoms with Crippen molar-refractivity contribution in [3.8, 4) is 5.75 Å². The fraction of sp³-hybridized carbons (Fsp3) is 0.727. The van der Waals surface area contributed by atoms with Crippen LogP contribution in [-0.2, 0) is 23.0 Å². The van der Waals surface area contributed by atoms with E-state index in [0.717, 1.165) is 18.6 Å². The third kappa shape index (κ3) is 12.1. The van der Waals surface area contributed by atoms with Gasteiger partial charge in [0, 0.05) is 0 Å². The molecule has 0 aliphatic carbocycles. The fourth-order valence-electron chi connectivity index (χ4n) is 3.16. The molecule has 0 amide bonds. The smallest absolute Gasteiger partial charge is 0.264 e. The zero-order valence-corrected chi connectivity index (χ0v) is 18.0. The van der Waals surface area contributed by atoms with Crippen LogP contribution >= 0.6 is 0 Å². The topological polar surface area (TPSA) is 63.6 Å². The average molecular weight is 399 g/mol. The number of benzene rings is 1. The number of ether oxygens (including phenoxy) is 1. The van der Waals surface area contributed by atoms with Crippen LogP contribution in [0, 0.1) is 0 Å². The van der Waals surface area contributed by atoms with Crippen LogP contribution in [-0.4, -0.2) is 25.3 Å². The zero-order chi connectivity index (χ0) is 20.0. The van der Waals surface area contributed by atoms with Crippen LogP contribution in [0.15, 0.2) is 18.2 Å². The summed E-state index contributed by atoms with van der Waals surface area (Å²) >= 11 is 0. The quantitative estimate of drug-likeness (QED) is 0.275. The van der Waals surface area contributed by atoms with Gasteiger partial charge in [-0.1, -0.05) is 64.5 Å². The Morgan fingerprint density at radius 2 is 1.52 bits per heavy atom. The van der Waals surface area contributed by atoms with Gasteiger partial charge in [-0.3, -0.25) is 4.55 Å². The van der Waals surface area contributed by atoms with E-state index < -0.39 is 10.1 Å². The molecule has 0 aliphatic heterocycles. The number of hydrogen-bond donors (Lipinski definition) is 1. The molecule has 0 aliphatic rings. The first-order chi connectivity index (χ1) is 13.0. The third-order valence-corrected chi connectivity index (χ3v) is 5.61. The lowest BCUT2D eigenvalue weighted by molar-refractivity contribution is 0.305. The highest BCUT2D eigenvalue weighted by atomic mass is 32.2. The summed E-state index contributed by atoms with van der Waals surface area (Å²) in [4.78, 5) is 0. The van der Waals surface area contributed by atoms with Gasteiger partial charge in [-0.25, -0.2) is 0 Å². The van der Waals surface area contributed by atoms with Gasteiger partial charge in [0.15, 0.2) is 0 Å². The lowest BCUT2D eigenvalue weighted by Crippen LogP contribution is -2.07. The van der Waals surface area contributed by atoms with E-state index >= 15 is 0 Å². The van der Waals surface area contributed by atoms with Crippen molar-refractivity contribution in [3.63, 3.8) is 0 Å². The maximum atomic E-state index is 10.8. The summed E-state index contributed by atoms with van der Waals surface area (Å²) in [6, 6.07) is 6.60. The Labute approximate surface area is 166 Å². The molecule has 4 nitrogen and oxygen atoms in total. The minimum absolute atomic E-state index is 0.197. The van der Waals surface area contributed by atoms with Gasteiger partial charge in [-0.2, -0.15) is 8.42 Å². The summed E-state index contributed by atoms with van der Waals surface area (Å²) in [7, 11) is -3.87. The summed E-state index contributed by atoms with van der Waals surface area (Å²) in [5.41, 5.74) is 2.56. The lowest BCUT2D eigenvalue weighted by atomic mass is 10.0. The molecule has 1 rings (SSSR count). The van der Waals surface area contributed by atoms with E-state index in [4.69, 9.17) is 9.29 Å². The van der Waals surface area contributed by atoms with Gasteiger partial charge in [0.1, 0.15) is 5.75 Å². The molecule has 0 bridgehead atoms. The molecule has 0 unspecified atom stereocenters. The molecule has 0 radical (unpaired) electrons. The SMILES string of the molecule is CCCCCCc1ccc(CCCCCC)c(OCCCCS(=O)(=O)O)c1. The van der Waals surface area contributed by atoms with Crippen LogP contribution in [0.5, 0.6) is 5.75 Å². The van der Waals surface area contributed by atoms with E-state index in [-0.39, 0.29) is 5.75 Å². The minimum atomic E-state index is -3.87. The van der Waals surface area contributed by atoms with Crippen LogP contribution in [0.1, 0.15) is 89.2 Å². The Hall–Kier alpha value is -1.07. The predicted molar refractivity (Wildman–Crippen MR) is 113 cm³/mol. The van der Waals surface area contributed by atoms with Crippen molar-refractivity contribution in [1.29, 1.82) is 0 Å². The molecule has 27 heavy (non-hydrogen) atoms. The Balaban J connectivity index is 2.59. The molecule has 0 saturated heterocycles. The zero-order valence-electron chi connectivity index (χ0n) is 17.2. The molecule has 1 N–H and O–H groups in total. The molecule has 5 heteroatoms. The van der Waals surface area contributed by atoms with Gasteiger partial charge in [0.05, 0.1) is 12.4 Å². The monoisotopic (exact) mass is 398 g/mol. The number of hydrogen-bond acceptors (Lipinski definition) is 3. The molecule has 0 saturated carbocycles. The normalized spacial score (nSPS) is 11.7. The van der Waals surface area contributed by atoms with E-state index in [1.54, 1.807) is 0 Å². The highest BCUT2D eigenvalue weighted by Crippen LogP contribution is 2.24. The first-order valence-electron chi connectivity index (χ1n) is 10.7. The molecule has 0 aromatic heterocycles. The second kappa shape index (κ2) is 14.0. The van der Waals surface area contributed by atoms with Crippen molar-refractivity contribution in [1.82, 2.24) is 0 Å². The molecule has 1 aromatic rings. The van der Waals surface area contributed by atoms with Crippen molar-refractivity contribution in [2.24, 2.45) is 0 Å². The van der Waals surface area contributed by atoms with E-state index in [9.17, 15) is 8.42 Å². The van der Waals surface area contributed by atoms with Crippen LogP contribution in [0.25, 0.3) is 0 Å². The van der Waals surface area contributed by atoms with E-state index in [0.29, 0.717) is 19.4 Å². The maximum absolute atomic E-state index is 10.8. The van der Waals surface area contributed by atoms with Crippen molar-refractivity contribution >= 4 is 10.1 Å². The van der Waals surface area contributed by atoms with Gasteiger partial charge in [-0.05, 0) is 55.7 Å². The van der Waals surface area contributed by atoms with Crippen molar-refractivity contribution in [3.05, 3.63) is 29.3 Å². The first kappa shape index (κ1) is 24.0. The molecule has 156 valence electrons. The van der Waals surface area contributed by atoms with Gasteiger partial charge < -0.3 is 4.74 Å². The van der Waals surface area contributed by atoms with Gasteiger partial charge in [-0.15, -0.1) is 0 Å². The van der Waals surface area contributed by atoms with Gasteiger partial charge in [0.25, 0.3) is 10.1 Å². The summed E-state index contributed by atoms with van der Waals surface area (Å²) in [6.45, 7) is 4.92. The van der Waals surface area contributed by atoms with Crippen LogP contribution in [0.2, 0.25) is 0 Å². The second-order valence-electron chi connectivity index (χ2n) is 7.41. The minimum Gasteiger partial charge on any atom is -0.493 e. The third-order valence-electron chi connectivity index (χ3n) is 4.80. The van der Waals surface area contributed by atoms with Crippen molar-refractivity contribution < 1.29 is 17.7 Å². The van der Waals surface area contributed by atoms with E-state index in [2.05, 4.69) is 32.0 Å². The van der Waals surface area contributed by atoms with E-state index in [1.165, 1.54) is 62.5 Å². The number of rotatable bonds is 16. The highest BCUT2D eigenvalue weighted by Gasteiger charge is 2.08. The first-order valence-corrected chi connectivity index (χ1v) is 12.3. The molecule has 0 fully saturated rings. The van der Waals surface area contributed by atoms with Gasteiger partial charge >= 0.3 is 0 Å². The molecule has 0 spiro atoms. The Bertz CT molecular complexity index is 611. The standard InChI is InChI=1S/C22H38O4S/c1-3-5-7-9-13-20-15-16-21(14-10-8-6-4-2)22(19-20)26-17-11-12-18-27(23,24)25/h15-16,19H,3-14,17-18H2,1-2H3,(H,23,24,25). The van der Waals surface area contributed by atoms with E-state index in [1.807, 2.05) is 0 Å².